The number of anilines is 2. The molecule has 2 aromatic carbocycles. The smallest absolute Gasteiger partial charge is 0.239 e. The van der Waals surface area contributed by atoms with Crippen molar-refractivity contribution in [3.8, 4) is 11.3 Å². The Balaban J connectivity index is 1.64. The van der Waals surface area contributed by atoms with Gasteiger partial charge in [0.25, 0.3) is 0 Å². The summed E-state index contributed by atoms with van der Waals surface area (Å²) in [6, 6.07) is 14.4. The van der Waals surface area contributed by atoms with E-state index in [4.69, 9.17) is 11.6 Å². The molecular formula is C20H20ClN3O3S3. The fourth-order valence-electron chi connectivity index (χ4n) is 2.48. The van der Waals surface area contributed by atoms with Gasteiger partial charge in [0.05, 0.1) is 22.9 Å². The zero-order chi connectivity index (χ0) is 21.9. The summed E-state index contributed by atoms with van der Waals surface area (Å²) < 4.78 is 24.5. The van der Waals surface area contributed by atoms with Gasteiger partial charge in [0.15, 0.2) is 5.13 Å². The van der Waals surface area contributed by atoms with Crippen LogP contribution >= 0.6 is 34.7 Å². The molecule has 1 unspecified atom stereocenters. The van der Waals surface area contributed by atoms with E-state index in [0.29, 0.717) is 21.5 Å². The molecule has 3 aromatic rings. The summed E-state index contributed by atoms with van der Waals surface area (Å²) in [6.07, 6.45) is 1.16. The molecule has 10 heteroatoms. The van der Waals surface area contributed by atoms with E-state index in [-0.39, 0.29) is 11.2 Å². The third-order valence-corrected chi connectivity index (χ3v) is 7.58. The molecule has 0 aliphatic rings. The first-order chi connectivity index (χ1) is 14.1. The van der Waals surface area contributed by atoms with Crippen molar-refractivity contribution in [3.05, 3.63) is 58.9 Å². The van der Waals surface area contributed by atoms with E-state index in [1.54, 1.807) is 36.4 Å². The van der Waals surface area contributed by atoms with Crippen LogP contribution in [-0.4, -0.2) is 37.9 Å². The predicted molar refractivity (Wildman–Crippen MR) is 126 cm³/mol. The third kappa shape index (κ3) is 5.75. The van der Waals surface area contributed by atoms with Gasteiger partial charge in [-0.25, -0.2) is 13.4 Å². The number of aromatic nitrogens is 1. The molecule has 0 aliphatic heterocycles. The van der Waals surface area contributed by atoms with Gasteiger partial charge >= 0.3 is 0 Å². The Bertz CT molecular complexity index is 1130. The zero-order valence-corrected chi connectivity index (χ0v) is 19.7. The zero-order valence-electron chi connectivity index (χ0n) is 16.5. The van der Waals surface area contributed by atoms with Crippen LogP contribution in [0.1, 0.15) is 6.92 Å². The van der Waals surface area contributed by atoms with Crippen molar-refractivity contribution < 1.29 is 13.2 Å². The molecule has 0 aliphatic carbocycles. The number of thioether (sulfide) groups is 1. The van der Waals surface area contributed by atoms with E-state index in [1.165, 1.54) is 34.5 Å². The van der Waals surface area contributed by atoms with Crippen LogP contribution in [0, 0.1) is 0 Å². The third-order valence-electron chi connectivity index (χ3n) is 4.25. The van der Waals surface area contributed by atoms with Gasteiger partial charge in [-0.15, -0.1) is 23.1 Å². The predicted octanol–water partition coefficient (Wildman–Crippen LogP) is 4.98. The molecule has 30 heavy (non-hydrogen) atoms. The summed E-state index contributed by atoms with van der Waals surface area (Å²) >= 11 is 8.67. The molecule has 6 nitrogen and oxygen atoms in total. The number of nitrogens with one attached hydrogen (secondary N) is 1. The van der Waals surface area contributed by atoms with Gasteiger partial charge in [0, 0.05) is 27.9 Å². The number of carbonyl (C=O) groups excluding carboxylic acids is 1. The summed E-state index contributed by atoms with van der Waals surface area (Å²) in [5.41, 5.74) is 2.11. The van der Waals surface area contributed by atoms with Crippen molar-refractivity contribution in [2.24, 2.45) is 0 Å². The minimum absolute atomic E-state index is 0.138. The lowest BCUT2D eigenvalue weighted by atomic mass is 10.1. The first-order valence-electron chi connectivity index (χ1n) is 8.86. The normalized spacial score (nSPS) is 12.4. The second kappa shape index (κ2) is 9.38. The summed E-state index contributed by atoms with van der Waals surface area (Å²) in [5.74, 6) is -0.138. The summed E-state index contributed by atoms with van der Waals surface area (Å²) in [4.78, 5) is 17.9. The molecule has 0 fully saturated rings. The van der Waals surface area contributed by atoms with E-state index in [2.05, 4.69) is 10.3 Å². The van der Waals surface area contributed by atoms with E-state index in [0.717, 1.165) is 16.7 Å². The van der Waals surface area contributed by atoms with Crippen LogP contribution in [0.25, 0.3) is 11.3 Å². The quantitative estimate of drug-likeness (QED) is 0.481. The highest BCUT2D eigenvalue weighted by Crippen LogP contribution is 2.29. The van der Waals surface area contributed by atoms with Gasteiger partial charge in [-0.3, -0.25) is 9.10 Å². The molecular weight excluding hydrogens is 462 g/mol. The summed E-state index contributed by atoms with van der Waals surface area (Å²) in [6.45, 7) is 1.83. The van der Waals surface area contributed by atoms with Crippen molar-refractivity contribution in [1.82, 2.24) is 4.98 Å². The Kier molecular flexibility index (Phi) is 7.07. The van der Waals surface area contributed by atoms with Crippen molar-refractivity contribution in [2.45, 2.75) is 17.1 Å². The highest BCUT2D eigenvalue weighted by molar-refractivity contribution is 8.00. The lowest BCUT2D eigenvalue weighted by molar-refractivity contribution is -0.115. The molecule has 3 rings (SSSR count). The van der Waals surface area contributed by atoms with Crippen molar-refractivity contribution in [1.29, 1.82) is 0 Å². The van der Waals surface area contributed by atoms with Crippen molar-refractivity contribution in [3.63, 3.8) is 0 Å². The number of hydrogen-bond acceptors (Lipinski definition) is 6. The second-order valence-electron chi connectivity index (χ2n) is 6.52. The van der Waals surface area contributed by atoms with Crippen LogP contribution in [0.15, 0.2) is 58.8 Å². The van der Waals surface area contributed by atoms with Gasteiger partial charge in [-0.2, -0.15) is 0 Å². The number of sulfonamides is 1. The molecule has 0 spiro atoms. The van der Waals surface area contributed by atoms with Crippen molar-refractivity contribution >= 4 is 61.4 Å². The molecule has 1 heterocycles. The molecule has 0 bridgehead atoms. The average Bonchev–Trinajstić information content (AvgIpc) is 3.17. The van der Waals surface area contributed by atoms with Gasteiger partial charge in [0.1, 0.15) is 0 Å². The Morgan fingerprint density at radius 2 is 1.80 bits per heavy atom. The fraction of sp³-hybridized carbons (Fsp3) is 0.200. The number of amides is 1. The Morgan fingerprint density at radius 1 is 1.17 bits per heavy atom. The molecule has 158 valence electrons. The largest absolute Gasteiger partial charge is 0.301 e. The maximum Gasteiger partial charge on any atom is 0.239 e. The van der Waals surface area contributed by atoms with Crippen LogP contribution in [0.3, 0.4) is 0 Å². The van der Waals surface area contributed by atoms with Crippen LogP contribution in [0.2, 0.25) is 5.02 Å². The molecule has 1 N–H and O–H groups in total. The Morgan fingerprint density at radius 3 is 2.40 bits per heavy atom. The van der Waals surface area contributed by atoms with Gasteiger partial charge in [-0.05, 0) is 43.3 Å². The standard InChI is InChI=1S/C20H20ClN3O3S3/c1-13(29-17-10-6-15(21)7-11-17)19(25)23-20-22-18(12-28-20)14-4-8-16(9-5-14)24(2)30(3,26)27/h4-13H,1-3H3,(H,22,23,25). The second-order valence-corrected chi connectivity index (χ2v) is 11.2. The van der Waals surface area contributed by atoms with E-state index in [9.17, 15) is 13.2 Å². The van der Waals surface area contributed by atoms with Gasteiger partial charge < -0.3 is 5.32 Å². The molecule has 0 saturated carbocycles. The SMILES string of the molecule is CC(Sc1ccc(Cl)cc1)C(=O)Nc1nc(-c2ccc(N(C)S(C)(=O)=O)cc2)cs1. The Hall–Kier alpha value is -2.07. The highest BCUT2D eigenvalue weighted by Gasteiger charge is 2.17. The lowest BCUT2D eigenvalue weighted by Crippen LogP contribution is -2.24. The number of halogens is 1. The molecule has 1 amide bonds. The highest BCUT2D eigenvalue weighted by atomic mass is 35.5. The monoisotopic (exact) mass is 481 g/mol. The molecule has 1 atom stereocenters. The van der Waals surface area contributed by atoms with Gasteiger partial charge in [-0.1, -0.05) is 23.7 Å². The number of hydrogen-bond donors (Lipinski definition) is 1. The van der Waals surface area contributed by atoms with Crippen LogP contribution in [-0.2, 0) is 14.8 Å². The number of thiazole rings is 1. The number of benzene rings is 2. The first-order valence-corrected chi connectivity index (χ1v) is 12.8. The Labute approximate surface area is 189 Å². The molecule has 0 radical (unpaired) electrons. The molecule has 1 aromatic heterocycles. The number of rotatable bonds is 7. The molecule has 0 saturated heterocycles. The van der Waals surface area contributed by atoms with E-state index in [1.807, 2.05) is 24.4 Å². The summed E-state index contributed by atoms with van der Waals surface area (Å²) in [5, 5.41) is 5.56. The van der Waals surface area contributed by atoms with Gasteiger partial charge in [0.2, 0.25) is 15.9 Å². The van der Waals surface area contributed by atoms with E-state index >= 15 is 0 Å². The average molecular weight is 482 g/mol. The number of carbonyl (C=O) groups is 1. The summed E-state index contributed by atoms with van der Waals surface area (Å²) in [7, 11) is -1.81. The van der Waals surface area contributed by atoms with Crippen LogP contribution in [0.5, 0.6) is 0 Å². The van der Waals surface area contributed by atoms with E-state index < -0.39 is 10.0 Å². The topological polar surface area (TPSA) is 79.4 Å². The first kappa shape index (κ1) is 22.6. The minimum Gasteiger partial charge on any atom is -0.301 e. The number of nitrogens with zero attached hydrogens (tertiary/aromatic N) is 2. The maximum absolute atomic E-state index is 12.5. The van der Waals surface area contributed by atoms with Crippen LogP contribution in [0.4, 0.5) is 10.8 Å². The van der Waals surface area contributed by atoms with Crippen molar-refractivity contribution in [2.75, 3.05) is 22.9 Å². The maximum atomic E-state index is 12.5. The lowest BCUT2D eigenvalue weighted by Gasteiger charge is -2.16. The fourth-order valence-corrected chi connectivity index (χ4v) is 4.70. The van der Waals surface area contributed by atoms with Crippen LogP contribution < -0.4 is 9.62 Å². The minimum atomic E-state index is -3.31.